The molecular weight excluding hydrogens is 390 g/mol. The van der Waals surface area contributed by atoms with Gasteiger partial charge < -0.3 is 10.3 Å². The van der Waals surface area contributed by atoms with Crippen molar-refractivity contribution in [3.05, 3.63) is 73.2 Å². The Kier molecular flexibility index (Phi) is 4.64. The summed E-state index contributed by atoms with van der Waals surface area (Å²) in [5, 5.41) is 3.36. The van der Waals surface area contributed by atoms with Gasteiger partial charge in [-0.3, -0.25) is 14.2 Å². The molecule has 0 unspecified atom stereocenters. The van der Waals surface area contributed by atoms with Crippen LogP contribution in [0.1, 0.15) is 15.9 Å². The first-order valence-corrected chi connectivity index (χ1v) is 8.41. The Morgan fingerprint density at radius 1 is 1.29 bits per heavy atom. The first-order valence-electron chi connectivity index (χ1n) is 7.21. The minimum absolute atomic E-state index is 0.185. The smallest absolute Gasteiger partial charge is 0.261 e. The molecule has 0 aliphatic heterocycles. The molecule has 122 valence electrons. The van der Waals surface area contributed by atoms with Crippen molar-refractivity contribution in [1.82, 2.24) is 14.9 Å². The lowest BCUT2D eigenvalue weighted by Crippen LogP contribution is -2.23. The molecule has 1 amide bonds. The second kappa shape index (κ2) is 6.70. The van der Waals surface area contributed by atoms with Crippen molar-refractivity contribution < 1.29 is 4.79 Å². The predicted molar refractivity (Wildman–Crippen MR) is 99.7 cm³/mol. The number of amides is 1. The lowest BCUT2D eigenvalue weighted by Gasteiger charge is -2.08. The second-order valence-corrected chi connectivity index (χ2v) is 6.67. The van der Waals surface area contributed by atoms with Gasteiger partial charge in [-0.25, -0.2) is 0 Å². The standard InChI is InChI=1S/C17H14BrN3O2S/c1-21-16(23)13-6-5-11(8-14(13)20-17(21)24)15(22)19-9-10-3-2-4-12(18)7-10/h2-8H,9H2,1H3,(H,19,22)(H,20,24). The number of halogens is 1. The van der Waals surface area contributed by atoms with Gasteiger partial charge in [0, 0.05) is 23.6 Å². The summed E-state index contributed by atoms with van der Waals surface area (Å²) in [6, 6.07) is 12.6. The average Bonchev–Trinajstić information content (AvgIpc) is 2.57. The molecule has 5 nitrogen and oxygen atoms in total. The van der Waals surface area contributed by atoms with Crippen LogP contribution >= 0.6 is 28.1 Å². The lowest BCUT2D eigenvalue weighted by molar-refractivity contribution is 0.0951. The van der Waals surface area contributed by atoms with E-state index in [1.165, 1.54) is 4.57 Å². The van der Waals surface area contributed by atoms with E-state index in [9.17, 15) is 9.59 Å². The van der Waals surface area contributed by atoms with Crippen molar-refractivity contribution in [2.24, 2.45) is 7.05 Å². The fourth-order valence-electron chi connectivity index (χ4n) is 2.38. The highest BCUT2D eigenvalue weighted by molar-refractivity contribution is 9.10. The highest BCUT2D eigenvalue weighted by Crippen LogP contribution is 2.13. The predicted octanol–water partition coefficient (Wildman–Crippen LogP) is 3.29. The Morgan fingerprint density at radius 2 is 2.08 bits per heavy atom. The van der Waals surface area contributed by atoms with Crippen LogP contribution in [-0.4, -0.2) is 15.5 Å². The Hall–Kier alpha value is -2.25. The van der Waals surface area contributed by atoms with Crippen LogP contribution in [0.4, 0.5) is 0 Å². The molecular formula is C17H14BrN3O2S. The maximum absolute atomic E-state index is 12.3. The molecule has 0 aliphatic rings. The van der Waals surface area contributed by atoms with Gasteiger partial charge in [0.2, 0.25) is 0 Å². The van der Waals surface area contributed by atoms with E-state index >= 15 is 0 Å². The van der Waals surface area contributed by atoms with Gasteiger partial charge in [0.15, 0.2) is 4.77 Å². The molecule has 3 rings (SSSR count). The molecule has 0 saturated heterocycles. The Bertz CT molecular complexity index is 1060. The van der Waals surface area contributed by atoms with Crippen molar-refractivity contribution in [1.29, 1.82) is 0 Å². The van der Waals surface area contributed by atoms with Crippen LogP contribution < -0.4 is 10.9 Å². The fraction of sp³-hybridized carbons (Fsp3) is 0.118. The van der Waals surface area contributed by atoms with E-state index in [4.69, 9.17) is 12.2 Å². The molecule has 2 N–H and O–H groups in total. The third-order valence-electron chi connectivity index (χ3n) is 3.71. The van der Waals surface area contributed by atoms with Crippen molar-refractivity contribution in [2.45, 2.75) is 6.54 Å². The van der Waals surface area contributed by atoms with E-state index in [0.717, 1.165) is 10.0 Å². The van der Waals surface area contributed by atoms with E-state index in [-0.39, 0.29) is 11.5 Å². The summed E-state index contributed by atoms with van der Waals surface area (Å²) in [6.07, 6.45) is 0. The third-order valence-corrected chi connectivity index (χ3v) is 4.57. The summed E-state index contributed by atoms with van der Waals surface area (Å²) in [6.45, 7) is 0.420. The maximum Gasteiger partial charge on any atom is 0.261 e. The monoisotopic (exact) mass is 403 g/mol. The van der Waals surface area contributed by atoms with Crippen LogP contribution in [0.2, 0.25) is 0 Å². The summed E-state index contributed by atoms with van der Waals surface area (Å²) in [5.74, 6) is -0.211. The number of benzene rings is 2. The van der Waals surface area contributed by atoms with Crippen LogP contribution in [-0.2, 0) is 13.6 Å². The number of aromatic amines is 1. The number of H-pyrrole nitrogens is 1. The van der Waals surface area contributed by atoms with Gasteiger partial charge in [-0.2, -0.15) is 0 Å². The number of fused-ring (bicyclic) bond motifs is 1. The molecule has 0 radical (unpaired) electrons. The minimum atomic E-state index is -0.211. The number of hydrogen-bond acceptors (Lipinski definition) is 3. The molecule has 24 heavy (non-hydrogen) atoms. The second-order valence-electron chi connectivity index (χ2n) is 5.37. The van der Waals surface area contributed by atoms with Gasteiger partial charge in [-0.15, -0.1) is 0 Å². The number of rotatable bonds is 3. The number of nitrogens with one attached hydrogen (secondary N) is 2. The van der Waals surface area contributed by atoms with Gasteiger partial charge in [0.1, 0.15) is 0 Å². The molecule has 0 atom stereocenters. The number of carbonyl (C=O) groups is 1. The van der Waals surface area contributed by atoms with Crippen molar-refractivity contribution in [3.8, 4) is 0 Å². The minimum Gasteiger partial charge on any atom is -0.348 e. The number of nitrogens with zero attached hydrogens (tertiary/aromatic N) is 1. The van der Waals surface area contributed by atoms with Crippen LogP contribution in [0.15, 0.2) is 51.7 Å². The Balaban J connectivity index is 1.86. The van der Waals surface area contributed by atoms with Crippen molar-refractivity contribution in [3.63, 3.8) is 0 Å². The van der Waals surface area contributed by atoms with E-state index < -0.39 is 0 Å². The lowest BCUT2D eigenvalue weighted by atomic mass is 10.1. The summed E-state index contributed by atoms with van der Waals surface area (Å²) in [4.78, 5) is 27.4. The summed E-state index contributed by atoms with van der Waals surface area (Å²) >= 11 is 8.51. The van der Waals surface area contributed by atoms with Gasteiger partial charge in [0.05, 0.1) is 10.9 Å². The first-order chi connectivity index (χ1) is 11.5. The number of aromatic nitrogens is 2. The van der Waals surface area contributed by atoms with Crippen LogP contribution in [0.3, 0.4) is 0 Å². The quantitative estimate of drug-likeness (QED) is 0.659. The van der Waals surface area contributed by atoms with Crippen LogP contribution in [0, 0.1) is 4.77 Å². The zero-order valence-electron chi connectivity index (χ0n) is 12.8. The summed E-state index contributed by atoms with van der Waals surface area (Å²) < 4.78 is 2.65. The molecule has 0 saturated carbocycles. The van der Waals surface area contributed by atoms with Gasteiger partial charge in [-0.05, 0) is 48.1 Å². The zero-order chi connectivity index (χ0) is 17.3. The van der Waals surface area contributed by atoms with E-state index in [1.807, 2.05) is 24.3 Å². The van der Waals surface area contributed by atoms with Gasteiger partial charge >= 0.3 is 0 Å². The molecule has 2 aromatic carbocycles. The highest BCUT2D eigenvalue weighted by Gasteiger charge is 2.09. The molecule has 7 heteroatoms. The average molecular weight is 404 g/mol. The fourth-order valence-corrected chi connectivity index (χ4v) is 3.02. The summed E-state index contributed by atoms with van der Waals surface area (Å²) in [7, 11) is 1.61. The number of carbonyl (C=O) groups excluding carboxylic acids is 1. The molecule has 0 spiro atoms. The van der Waals surface area contributed by atoms with Gasteiger partial charge in [0.25, 0.3) is 11.5 Å². The zero-order valence-corrected chi connectivity index (χ0v) is 15.2. The van der Waals surface area contributed by atoms with E-state index in [1.54, 1.807) is 25.2 Å². The highest BCUT2D eigenvalue weighted by atomic mass is 79.9. The normalized spacial score (nSPS) is 10.8. The summed E-state index contributed by atoms with van der Waals surface area (Å²) in [5.41, 5.74) is 1.83. The van der Waals surface area contributed by atoms with Crippen LogP contribution in [0.5, 0.6) is 0 Å². The topological polar surface area (TPSA) is 66.9 Å². The van der Waals surface area contributed by atoms with Crippen molar-refractivity contribution >= 4 is 45.0 Å². The number of hydrogen-bond donors (Lipinski definition) is 2. The third kappa shape index (κ3) is 3.32. The molecule has 0 aliphatic carbocycles. The molecule has 0 bridgehead atoms. The molecule has 3 aromatic rings. The molecule has 0 fully saturated rings. The van der Waals surface area contributed by atoms with Crippen LogP contribution in [0.25, 0.3) is 10.9 Å². The Morgan fingerprint density at radius 3 is 2.83 bits per heavy atom. The first kappa shape index (κ1) is 16.6. The van der Waals surface area contributed by atoms with Crippen molar-refractivity contribution in [2.75, 3.05) is 0 Å². The van der Waals surface area contributed by atoms with E-state index in [2.05, 4.69) is 26.2 Å². The maximum atomic E-state index is 12.3. The van der Waals surface area contributed by atoms with E-state index in [0.29, 0.717) is 27.8 Å². The largest absolute Gasteiger partial charge is 0.348 e. The Labute approximate surface area is 151 Å². The molecule has 1 aromatic heterocycles. The SMILES string of the molecule is Cn1c(=S)[nH]c2cc(C(=O)NCc3cccc(Br)c3)ccc2c1=O. The molecule has 1 heterocycles. The van der Waals surface area contributed by atoms with Gasteiger partial charge in [-0.1, -0.05) is 28.1 Å².